The first-order valence-corrected chi connectivity index (χ1v) is 7.59. The highest BCUT2D eigenvalue weighted by Gasteiger charge is 2.34. The Hall–Kier alpha value is -2.33. The summed E-state index contributed by atoms with van der Waals surface area (Å²) in [4.78, 5) is 27.6. The van der Waals surface area contributed by atoms with Crippen molar-refractivity contribution in [1.29, 1.82) is 0 Å². The third kappa shape index (κ3) is 3.54. The number of rotatable bonds is 5. The summed E-state index contributed by atoms with van der Waals surface area (Å²) in [6, 6.07) is 0. The molecule has 1 aliphatic rings. The number of amidine groups is 1. The molecule has 0 aromatic carbocycles. The number of alkyl carbamates (subject to hydrolysis) is 1. The summed E-state index contributed by atoms with van der Waals surface area (Å²) in [5.74, 6) is 0.172. The molecule has 1 heterocycles. The van der Waals surface area contributed by atoms with Crippen LogP contribution in [0.2, 0.25) is 0 Å². The summed E-state index contributed by atoms with van der Waals surface area (Å²) in [5, 5.41) is 16.3. The Morgan fingerprint density at radius 3 is 3.04 bits per heavy atom. The van der Waals surface area contributed by atoms with E-state index in [9.17, 15) is 14.7 Å². The third-order valence-electron chi connectivity index (χ3n) is 3.05. The van der Waals surface area contributed by atoms with Crippen LogP contribution in [0.3, 0.4) is 0 Å². The van der Waals surface area contributed by atoms with Gasteiger partial charge in [-0.3, -0.25) is 9.79 Å². The molecule has 1 aromatic rings. The minimum absolute atomic E-state index is 0.0497. The number of allylic oxidation sites excluding steroid dienone is 1. The van der Waals surface area contributed by atoms with Crippen LogP contribution in [0.1, 0.15) is 27.9 Å². The normalized spacial score (nSPS) is 17.5. The van der Waals surface area contributed by atoms with Crippen molar-refractivity contribution in [2.24, 2.45) is 10.7 Å². The maximum absolute atomic E-state index is 12.5. The molecule has 1 aliphatic carbocycles. The van der Waals surface area contributed by atoms with Crippen molar-refractivity contribution < 1.29 is 24.0 Å². The number of Topliss-reactive ketones (excluding diaryl/α,β-unsaturated/α-hetero) is 1. The standard InChI is InChI=1S/C13H16N4O5S/c1-15-12(14)9-8-10(19)7(5-6(18)11(8)22-17-9)23-4-3-16-13(20)21-2/h5-6,18H,3-4H2,1-2H3,(H2,14,15)(H,16,20). The fourth-order valence-electron chi connectivity index (χ4n) is 1.92. The van der Waals surface area contributed by atoms with Gasteiger partial charge in [-0.1, -0.05) is 5.16 Å². The highest BCUT2D eigenvalue weighted by atomic mass is 32.2. The Morgan fingerprint density at radius 2 is 2.39 bits per heavy atom. The molecule has 0 saturated carbocycles. The summed E-state index contributed by atoms with van der Waals surface area (Å²) in [6.07, 6.45) is -0.267. The van der Waals surface area contributed by atoms with Crippen molar-refractivity contribution in [2.75, 3.05) is 26.5 Å². The zero-order valence-electron chi connectivity index (χ0n) is 12.5. The molecule has 1 atom stereocenters. The molecule has 9 nitrogen and oxygen atoms in total. The van der Waals surface area contributed by atoms with E-state index < -0.39 is 12.2 Å². The summed E-state index contributed by atoms with van der Waals surface area (Å²) in [5.41, 5.74) is 5.93. The van der Waals surface area contributed by atoms with Gasteiger partial charge in [0, 0.05) is 19.3 Å². The van der Waals surface area contributed by atoms with Gasteiger partial charge in [0.15, 0.2) is 11.5 Å². The topological polar surface area (TPSA) is 140 Å². The molecule has 124 valence electrons. The van der Waals surface area contributed by atoms with E-state index in [-0.39, 0.29) is 28.6 Å². The van der Waals surface area contributed by atoms with Crippen molar-refractivity contribution in [2.45, 2.75) is 6.10 Å². The number of aliphatic hydroxyl groups excluding tert-OH is 1. The fraction of sp³-hybridized carbons (Fsp3) is 0.385. The average molecular weight is 340 g/mol. The summed E-state index contributed by atoms with van der Waals surface area (Å²) >= 11 is 1.19. The Morgan fingerprint density at radius 1 is 1.65 bits per heavy atom. The molecule has 0 radical (unpaired) electrons. The molecule has 1 amide bonds. The van der Waals surface area contributed by atoms with E-state index in [2.05, 4.69) is 20.2 Å². The van der Waals surface area contributed by atoms with Gasteiger partial charge in [0.05, 0.1) is 12.0 Å². The zero-order valence-corrected chi connectivity index (χ0v) is 13.3. The molecule has 23 heavy (non-hydrogen) atoms. The van der Waals surface area contributed by atoms with Gasteiger partial charge >= 0.3 is 6.09 Å². The Bertz CT molecular complexity index is 682. The molecule has 10 heteroatoms. The number of ketones is 1. The lowest BCUT2D eigenvalue weighted by atomic mass is 9.98. The van der Waals surface area contributed by atoms with Crippen LogP contribution in [-0.2, 0) is 4.74 Å². The SMILES string of the molecule is CN=C(N)c1noc2c1C(=O)C(SCCNC(=O)OC)=CC2O. The molecular formula is C13H16N4O5S. The Labute approximate surface area is 135 Å². The van der Waals surface area contributed by atoms with E-state index in [0.717, 1.165) is 0 Å². The van der Waals surface area contributed by atoms with Crippen LogP contribution in [0.4, 0.5) is 4.79 Å². The van der Waals surface area contributed by atoms with Gasteiger partial charge in [0.1, 0.15) is 17.5 Å². The number of methoxy groups -OCH3 is 1. The third-order valence-corrected chi connectivity index (χ3v) is 4.09. The van der Waals surface area contributed by atoms with Crippen molar-refractivity contribution in [1.82, 2.24) is 10.5 Å². The minimum Gasteiger partial charge on any atom is -0.453 e. The van der Waals surface area contributed by atoms with Gasteiger partial charge in [-0.15, -0.1) is 11.8 Å². The van der Waals surface area contributed by atoms with E-state index in [1.165, 1.54) is 32.0 Å². The lowest BCUT2D eigenvalue weighted by molar-refractivity contribution is 0.101. The van der Waals surface area contributed by atoms with E-state index in [1.807, 2.05) is 0 Å². The second kappa shape index (κ2) is 7.29. The van der Waals surface area contributed by atoms with Crippen LogP contribution in [0.25, 0.3) is 0 Å². The molecular weight excluding hydrogens is 324 g/mol. The van der Waals surface area contributed by atoms with Crippen molar-refractivity contribution in [3.05, 3.63) is 28.0 Å². The average Bonchev–Trinajstić information content (AvgIpc) is 3.00. The van der Waals surface area contributed by atoms with Gasteiger partial charge < -0.3 is 25.4 Å². The predicted octanol–water partition coefficient (Wildman–Crippen LogP) is 0.213. The molecule has 4 N–H and O–H groups in total. The number of ether oxygens (including phenoxy) is 1. The second-order valence-electron chi connectivity index (χ2n) is 4.45. The van der Waals surface area contributed by atoms with E-state index >= 15 is 0 Å². The molecule has 0 spiro atoms. The smallest absolute Gasteiger partial charge is 0.406 e. The van der Waals surface area contributed by atoms with Gasteiger partial charge in [0.25, 0.3) is 0 Å². The van der Waals surface area contributed by atoms with Crippen LogP contribution >= 0.6 is 11.8 Å². The van der Waals surface area contributed by atoms with Gasteiger partial charge in [0.2, 0.25) is 5.78 Å². The number of carbonyl (C=O) groups is 2. The molecule has 0 bridgehead atoms. The van der Waals surface area contributed by atoms with Crippen LogP contribution < -0.4 is 11.1 Å². The van der Waals surface area contributed by atoms with Crippen molar-refractivity contribution in [3.63, 3.8) is 0 Å². The van der Waals surface area contributed by atoms with Crippen LogP contribution in [0, 0.1) is 0 Å². The lowest BCUT2D eigenvalue weighted by Crippen LogP contribution is -2.26. The summed E-state index contributed by atoms with van der Waals surface area (Å²) in [7, 11) is 2.73. The number of hydrogen-bond acceptors (Lipinski definition) is 8. The first-order chi connectivity index (χ1) is 11.0. The number of hydrogen-bond donors (Lipinski definition) is 3. The fourth-order valence-corrected chi connectivity index (χ4v) is 2.81. The number of thioether (sulfide) groups is 1. The largest absolute Gasteiger partial charge is 0.453 e. The number of amides is 1. The van der Waals surface area contributed by atoms with Crippen molar-refractivity contribution in [3.8, 4) is 0 Å². The first kappa shape index (κ1) is 17.0. The molecule has 0 aliphatic heterocycles. The number of nitrogens with zero attached hydrogens (tertiary/aromatic N) is 2. The number of aliphatic imine (C=N–C) groups is 1. The predicted molar refractivity (Wildman–Crippen MR) is 83.4 cm³/mol. The monoisotopic (exact) mass is 340 g/mol. The van der Waals surface area contributed by atoms with Gasteiger partial charge in [-0.25, -0.2) is 4.79 Å². The number of aliphatic hydroxyl groups is 1. The van der Waals surface area contributed by atoms with Crippen LogP contribution in [0.15, 0.2) is 20.5 Å². The molecule has 1 unspecified atom stereocenters. The van der Waals surface area contributed by atoms with E-state index in [0.29, 0.717) is 17.2 Å². The molecule has 1 aromatic heterocycles. The highest BCUT2D eigenvalue weighted by Crippen LogP contribution is 2.35. The first-order valence-electron chi connectivity index (χ1n) is 6.61. The van der Waals surface area contributed by atoms with Crippen LogP contribution in [0.5, 0.6) is 0 Å². The number of carbonyl (C=O) groups excluding carboxylic acids is 2. The molecule has 0 fully saturated rings. The molecule has 2 rings (SSSR count). The van der Waals surface area contributed by atoms with E-state index in [4.69, 9.17) is 10.3 Å². The number of aromatic nitrogens is 1. The summed E-state index contributed by atoms with van der Waals surface area (Å²) < 4.78 is 9.45. The lowest BCUT2D eigenvalue weighted by Gasteiger charge is -2.15. The second-order valence-corrected chi connectivity index (χ2v) is 5.59. The minimum atomic E-state index is -1.09. The Kier molecular flexibility index (Phi) is 5.40. The number of nitrogens with two attached hydrogens (primary N) is 1. The molecule has 0 saturated heterocycles. The van der Waals surface area contributed by atoms with Gasteiger partial charge in [-0.2, -0.15) is 0 Å². The number of fused-ring (bicyclic) bond motifs is 1. The van der Waals surface area contributed by atoms with Crippen molar-refractivity contribution >= 4 is 29.5 Å². The van der Waals surface area contributed by atoms with E-state index in [1.54, 1.807) is 0 Å². The quantitative estimate of drug-likeness (QED) is 0.392. The van der Waals surface area contributed by atoms with Gasteiger partial charge in [-0.05, 0) is 6.08 Å². The number of nitrogens with one attached hydrogen (secondary N) is 1. The maximum atomic E-state index is 12.5. The summed E-state index contributed by atoms with van der Waals surface area (Å²) in [6.45, 7) is 0.306. The maximum Gasteiger partial charge on any atom is 0.406 e. The van der Waals surface area contributed by atoms with Crippen LogP contribution in [-0.4, -0.2) is 54.4 Å². The highest BCUT2D eigenvalue weighted by molar-refractivity contribution is 8.04. The Balaban J connectivity index is 2.11. The zero-order chi connectivity index (χ0) is 17.0.